The summed E-state index contributed by atoms with van der Waals surface area (Å²) in [6, 6.07) is 0. The van der Waals surface area contributed by atoms with Crippen LogP contribution in [0.1, 0.15) is 155 Å². The van der Waals surface area contributed by atoms with Crippen molar-refractivity contribution in [3.8, 4) is 0 Å². The van der Waals surface area contributed by atoms with Gasteiger partial charge < -0.3 is 21.1 Å². The molecule has 0 bridgehead atoms. The summed E-state index contributed by atoms with van der Waals surface area (Å²) in [5, 5.41) is 18.3. The number of nitrogens with one attached hydrogen (secondary N) is 3. The van der Waals surface area contributed by atoms with Crippen LogP contribution in [-0.4, -0.2) is 42.8 Å². The van der Waals surface area contributed by atoms with Crippen LogP contribution in [0.2, 0.25) is 0 Å². The van der Waals surface area contributed by atoms with Crippen molar-refractivity contribution in [3.05, 3.63) is 0 Å². The second kappa shape index (κ2) is 28.4. The monoisotopic (exact) mass is 511 g/mol. The Kier molecular flexibility index (Phi) is 27.5. The Hall–Kier alpha value is -1.14. The summed E-state index contributed by atoms with van der Waals surface area (Å²) in [6.07, 6.45) is 24.3. The van der Waals surface area contributed by atoms with Gasteiger partial charge in [0.2, 0.25) is 11.8 Å². The predicted molar refractivity (Wildman–Crippen MR) is 153 cm³/mol. The Morgan fingerprint density at radius 3 is 1.33 bits per heavy atom. The van der Waals surface area contributed by atoms with Crippen molar-refractivity contribution in [2.24, 2.45) is 0 Å². The van der Waals surface area contributed by atoms with Crippen LogP contribution in [0.25, 0.3) is 0 Å². The highest BCUT2D eigenvalue weighted by molar-refractivity contribution is 5.79. The second-order valence-electron chi connectivity index (χ2n) is 10.5. The third kappa shape index (κ3) is 25.9. The van der Waals surface area contributed by atoms with Gasteiger partial charge in [-0.05, 0) is 38.8 Å². The van der Waals surface area contributed by atoms with Gasteiger partial charge in [0.15, 0.2) is 0 Å². The molecule has 0 aliphatic rings. The summed E-state index contributed by atoms with van der Waals surface area (Å²) in [5.41, 5.74) is 0. The van der Waals surface area contributed by atoms with Crippen molar-refractivity contribution in [2.75, 3.05) is 19.7 Å². The predicted octanol–water partition coefficient (Wildman–Crippen LogP) is 6.75. The number of unbranched alkanes of at least 4 members (excludes halogenated alkanes) is 16. The van der Waals surface area contributed by atoms with Crippen LogP contribution in [0, 0.1) is 0 Å². The first-order valence-corrected chi connectivity index (χ1v) is 15.5. The molecule has 36 heavy (non-hydrogen) atoms. The number of rotatable bonds is 28. The van der Waals surface area contributed by atoms with Gasteiger partial charge in [0.1, 0.15) is 6.17 Å². The lowest BCUT2D eigenvalue weighted by atomic mass is 10.1. The second-order valence-corrected chi connectivity index (χ2v) is 10.5. The molecule has 0 atom stereocenters. The first-order valence-electron chi connectivity index (χ1n) is 15.5. The van der Waals surface area contributed by atoms with Gasteiger partial charge in [0, 0.05) is 19.4 Å². The molecule has 2 amide bonds. The van der Waals surface area contributed by atoms with Crippen LogP contribution in [-0.2, 0) is 9.59 Å². The van der Waals surface area contributed by atoms with E-state index in [0.717, 1.165) is 32.2 Å². The fraction of sp³-hybridized carbons (Fsp3) is 0.933. The fourth-order valence-corrected chi connectivity index (χ4v) is 4.48. The maximum atomic E-state index is 12.5. The molecule has 0 aromatic heterocycles. The zero-order chi connectivity index (χ0) is 26.5. The Labute approximate surface area is 223 Å². The van der Waals surface area contributed by atoms with E-state index in [1.54, 1.807) is 0 Å². The van der Waals surface area contributed by atoms with Gasteiger partial charge in [-0.3, -0.25) is 9.59 Å². The van der Waals surface area contributed by atoms with E-state index in [9.17, 15) is 9.59 Å². The van der Waals surface area contributed by atoms with Crippen molar-refractivity contribution in [3.63, 3.8) is 0 Å². The molecule has 0 rings (SSSR count). The van der Waals surface area contributed by atoms with E-state index >= 15 is 0 Å². The summed E-state index contributed by atoms with van der Waals surface area (Å²) < 4.78 is 0. The minimum atomic E-state index is -0.330. The molecule has 4 N–H and O–H groups in total. The molecule has 0 unspecified atom stereocenters. The van der Waals surface area contributed by atoms with Gasteiger partial charge in [-0.25, -0.2) is 0 Å². The van der Waals surface area contributed by atoms with E-state index in [4.69, 9.17) is 5.11 Å². The van der Waals surface area contributed by atoms with E-state index in [-0.39, 0.29) is 24.6 Å². The number of aliphatic hydroxyl groups is 1. The van der Waals surface area contributed by atoms with E-state index in [2.05, 4.69) is 29.8 Å². The molecule has 6 heteroatoms. The third-order valence-corrected chi connectivity index (χ3v) is 6.81. The molecule has 0 heterocycles. The first kappa shape index (κ1) is 34.9. The highest BCUT2D eigenvalue weighted by Gasteiger charge is 2.14. The van der Waals surface area contributed by atoms with Gasteiger partial charge in [-0.1, -0.05) is 117 Å². The summed E-state index contributed by atoms with van der Waals surface area (Å²) in [7, 11) is 0. The number of carbonyl (C=O) groups excluding carboxylic acids is 2. The van der Waals surface area contributed by atoms with Crippen molar-refractivity contribution in [1.29, 1.82) is 0 Å². The van der Waals surface area contributed by atoms with Crippen LogP contribution in [0.15, 0.2) is 0 Å². The molecule has 0 aromatic rings. The average molecular weight is 512 g/mol. The van der Waals surface area contributed by atoms with E-state index in [1.165, 1.54) is 89.9 Å². The molecule has 0 radical (unpaired) electrons. The van der Waals surface area contributed by atoms with Gasteiger partial charge in [-0.15, -0.1) is 0 Å². The Morgan fingerprint density at radius 1 is 0.556 bits per heavy atom. The maximum Gasteiger partial charge on any atom is 0.221 e. The molecule has 0 spiro atoms. The summed E-state index contributed by atoms with van der Waals surface area (Å²) in [5.74, 6) is 0.0587. The van der Waals surface area contributed by atoms with E-state index < -0.39 is 0 Å². The molecule has 0 saturated carbocycles. The lowest BCUT2D eigenvalue weighted by Crippen LogP contribution is -2.49. The molecule has 214 valence electrons. The molecule has 0 fully saturated rings. The zero-order valence-corrected chi connectivity index (χ0v) is 24.0. The standard InChI is InChI=1S/C30H61N3O3/c1-3-5-7-9-11-13-15-17-19-22-29(35)32-28(24-26-31-25-21-27-34)33-30(36)23-20-18-16-14-12-10-8-6-4-2/h28,31,34H,3-27H2,1-2H3,(H,32,35)(H,33,36). The van der Waals surface area contributed by atoms with Crippen molar-refractivity contribution < 1.29 is 14.7 Å². The summed E-state index contributed by atoms with van der Waals surface area (Å²) in [4.78, 5) is 25.0. The smallest absolute Gasteiger partial charge is 0.221 e. The van der Waals surface area contributed by atoms with Crippen molar-refractivity contribution in [2.45, 2.75) is 161 Å². The van der Waals surface area contributed by atoms with Crippen molar-refractivity contribution in [1.82, 2.24) is 16.0 Å². The first-order chi connectivity index (χ1) is 17.6. The molecular formula is C30H61N3O3. The number of hydrogen-bond donors (Lipinski definition) is 4. The maximum absolute atomic E-state index is 12.5. The quantitative estimate of drug-likeness (QED) is 0.0691. The third-order valence-electron chi connectivity index (χ3n) is 6.81. The highest BCUT2D eigenvalue weighted by atomic mass is 16.3. The van der Waals surface area contributed by atoms with Gasteiger partial charge in [0.25, 0.3) is 0 Å². The average Bonchev–Trinajstić information content (AvgIpc) is 2.86. The fourth-order valence-electron chi connectivity index (χ4n) is 4.48. The molecule has 0 aromatic carbocycles. The zero-order valence-electron chi connectivity index (χ0n) is 24.0. The molecule has 0 saturated heterocycles. The summed E-state index contributed by atoms with van der Waals surface area (Å²) >= 11 is 0. The molecule has 6 nitrogen and oxygen atoms in total. The van der Waals surface area contributed by atoms with Crippen LogP contribution >= 0.6 is 0 Å². The summed E-state index contributed by atoms with van der Waals surface area (Å²) in [6.45, 7) is 6.09. The number of aliphatic hydroxyl groups excluding tert-OH is 1. The lowest BCUT2D eigenvalue weighted by Gasteiger charge is -2.21. The molecule has 0 aliphatic heterocycles. The SMILES string of the molecule is CCCCCCCCCCCC(=O)NC(CCNCCCO)NC(=O)CCCCCCCCCCC. The van der Waals surface area contributed by atoms with Gasteiger partial charge in [0.05, 0.1) is 0 Å². The highest BCUT2D eigenvalue weighted by Crippen LogP contribution is 2.12. The normalized spacial score (nSPS) is 11.2. The molecule has 0 aliphatic carbocycles. The van der Waals surface area contributed by atoms with Gasteiger partial charge in [-0.2, -0.15) is 0 Å². The number of hydrogen-bond acceptors (Lipinski definition) is 4. The Balaban J connectivity index is 4.09. The Morgan fingerprint density at radius 2 is 0.944 bits per heavy atom. The van der Waals surface area contributed by atoms with E-state index in [0.29, 0.717) is 32.2 Å². The topological polar surface area (TPSA) is 90.5 Å². The van der Waals surface area contributed by atoms with Crippen LogP contribution in [0.4, 0.5) is 0 Å². The minimum absolute atomic E-state index is 0.0293. The van der Waals surface area contributed by atoms with Crippen LogP contribution < -0.4 is 16.0 Å². The van der Waals surface area contributed by atoms with Crippen LogP contribution in [0.3, 0.4) is 0 Å². The largest absolute Gasteiger partial charge is 0.396 e. The van der Waals surface area contributed by atoms with Crippen molar-refractivity contribution >= 4 is 11.8 Å². The van der Waals surface area contributed by atoms with Crippen LogP contribution in [0.5, 0.6) is 0 Å². The number of amides is 2. The van der Waals surface area contributed by atoms with E-state index in [1.807, 2.05) is 0 Å². The Bertz CT molecular complexity index is 452. The van der Waals surface area contributed by atoms with Gasteiger partial charge >= 0.3 is 0 Å². The minimum Gasteiger partial charge on any atom is -0.396 e. The number of carbonyl (C=O) groups is 2. The molecular weight excluding hydrogens is 450 g/mol. The lowest BCUT2D eigenvalue weighted by molar-refractivity contribution is -0.124.